The van der Waals surface area contributed by atoms with Crippen LogP contribution in [0.5, 0.6) is 0 Å². The normalized spacial score (nSPS) is 51.9. The molecule has 0 aromatic carbocycles. The van der Waals surface area contributed by atoms with Crippen molar-refractivity contribution in [3.8, 4) is 0 Å². The highest BCUT2D eigenvalue weighted by Gasteiger charge is 2.51. The Morgan fingerprint density at radius 1 is 1.00 bits per heavy atom. The molecule has 7 N–H and O–H groups in total. The predicted molar refractivity (Wildman–Crippen MR) is 62.6 cm³/mol. The van der Waals surface area contributed by atoms with Gasteiger partial charge in [-0.15, -0.1) is 0 Å². The SMILES string of the molecule is OC[C@@]1(O)OC[C@@H](O)[C@@H](O[C@@H]2OC[C@@H](O)[C@H](O)[C@H]2O)[C@H]1O. The zero-order chi connectivity index (χ0) is 15.8. The molecule has 10 heteroatoms. The molecular weight excluding hydrogens is 292 g/mol. The number of hydrogen-bond acceptors (Lipinski definition) is 10. The second-order valence-electron chi connectivity index (χ2n) is 5.18. The first-order valence-corrected chi connectivity index (χ1v) is 6.44. The lowest BCUT2D eigenvalue weighted by atomic mass is 9.96. The molecule has 2 saturated heterocycles. The van der Waals surface area contributed by atoms with Crippen LogP contribution in [0.4, 0.5) is 0 Å². The van der Waals surface area contributed by atoms with Crippen molar-refractivity contribution in [1.29, 1.82) is 0 Å². The summed E-state index contributed by atoms with van der Waals surface area (Å²) in [6.07, 6.45) is -10.5. The topological polar surface area (TPSA) is 169 Å². The summed E-state index contributed by atoms with van der Waals surface area (Å²) < 4.78 is 14.9. The molecule has 2 rings (SSSR count). The van der Waals surface area contributed by atoms with Crippen molar-refractivity contribution in [2.45, 2.75) is 48.7 Å². The van der Waals surface area contributed by atoms with Crippen molar-refractivity contribution >= 4 is 0 Å². The standard InChI is InChI=1S/C11H20O10/c12-3-11(18)9(17)8(5(14)2-20-11)21-10-7(16)6(15)4(13)1-19-10/h4-10,12-18H,1-3H2/t4-,5-,6+,7-,8-,9-,10+,11-/m1/s1. The highest BCUT2D eigenvalue weighted by atomic mass is 16.7. The van der Waals surface area contributed by atoms with E-state index in [1.54, 1.807) is 0 Å². The average molecular weight is 312 g/mol. The average Bonchev–Trinajstić information content (AvgIpc) is 2.47. The van der Waals surface area contributed by atoms with Gasteiger partial charge in [0.25, 0.3) is 0 Å². The molecule has 0 aromatic rings. The molecule has 0 amide bonds. The van der Waals surface area contributed by atoms with Crippen LogP contribution in [0.1, 0.15) is 0 Å². The molecule has 10 nitrogen and oxygen atoms in total. The fourth-order valence-electron chi connectivity index (χ4n) is 2.24. The number of aliphatic hydroxyl groups excluding tert-OH is 6. The Hall–Kier alpha value is -0.400. The minimum absolute atomic E-state index is 0.317. The van der Waals surface area contributed by atoms with E-state index in [1.165, 1.54) is 0 Å². The summed E-state index contributed by atoms with van der Waals surface area (Å²) in [5.41, 5.74) is 0. The number of rotatable bonds is 3. The van der Waals surface area contributed by atoms with Crippen molar-refractivity contribution in [2.24, 2.45) is 0 Å². The monoisotopic (exact) mass is 312 g/mol. The zero-order valence-electron chi connectivity index (χ0n) is 11.0. The quantitative estimate of drug-likeness (QED) is 0.268. The lowest BCUT2D eigenvalue weighted by molar-refractivity contribution is -0.365. The Balaban J connectivity index is 2.06. The lowest BCUT2D eigenvalue weighted by Gasteiger charge is -2.45. The maximum Gasteiger partial charge on any atom is 0.218 e. The van der Waals surface area contributed by atoms with Gasteiger partial charge in [0, 0.05) is 0 Å². The van der Waals surface area contributed by atoms with Gasteiger partial charge in [0.15, 0.2) is 6.29 Å². The molecule has 0 unspecified atom stereocenters. The maximum atomic E-state index is 9.92. The fraction of sp³-hybridized carbons (Fsp3) is 1.00. The summed E-state index contributed by atoms with van der Waals surface area (Å²) in [6, 6.07) is 0. The molecule has 0 spiro atoms. The van der Waals surface area contributed by atoms with Crippen molar-refractivity contribution in [3.63, 3.8) is 0 Å². The number of aliphatic hydroxyl groups is 7. The fourth-order valence-corrected chi connectivity index (χ4v) is 2.24. The van der Waals surface area contributed by atoms with Gasteiger partial charge in [-0.3, -0.25) is 0 Å². The van der Waals surface area contributed by atoms with Gasteiger partial charge in [-0.2, -0.15) is 0 Å². The molecule has 2 heterocycles. The predicted octanol–water partition coefficient (Wildman–Crippen LogP) is -4.76. The number of ether oxygens (including phenoxy) is 3. The van der Waals surface area contributed by atoms with Crippen molar-refractivity contribution in [1.82, 2.24) is 0 Å². The molecule has 2 aliphatic rings. The van der Waals surface area contributed by atoms with E-state index in [0.717, 1.165) is 0 Å². The van der Waals surface area contributed by atoms with E-state index in [4.69, 9.17) is 19.3 Å². The van der Waals surface area contributed by atoms with E-state index in [0.29, 0.717) is 0 Å². The van der Waals surface area contributed by atoms with Crippen LogP contribution in [0, 0.1) is 0 Å². The highest BCUT2D eigenvalue weighted by molar-refractivity contribution is 4.94. The van der Waals surface area contributed by atoms with Crippen LogP contribution in [0.15, 0.2) is 0 Å². The zero-order valence-corrected chi connectivity index (χ0v) is 11.0. The van der Waals surface area contributed by atoms with Gasteiger partial charge in [0.1, 0.15) is 36.6 Å². The summed E-state index contributed by atoms with van der Waals surface area (Å²) in [7, 11) is 0. The molecule has 8 atom stereocenters. The minimum atomic E-state index is -2.32. The Bertz CT molecular complexity index is 354. The van der Waals surface area contributed by atoms with Gasteiger partial charge in [0.2, 0.25) is 5.79 Å². The van der Waals surface area contributed by atoms with Crippen LogP contribution in [0.2, 0.25) is 0 Å². The molecule has 0 aliphatic carbocycles. The largest absolute Gasteiger partial charge is 0.391 e. The van der Waals surface area contributed by atoms with E-state index in [2.05, 4.69) is 0 Å². The minimum Gasteiger partial charge on any atom is -0.391 e. The molecule has 21 heavy (non-hydrogen) atoms. The maximum absolute atomic E-state index is 9.92. The van der Waals surface area contributed by atoms with E-state index in [9.17, 15) is 30.6 Å². The third-order valence-corrected chi connectivity index (χ3v) is 3.63. The third kappa shape index (κ3) is 3.19. The molecular formula is C11H20O10. The first-order valence-electron chi connectivity index (χ1n) is 6.44. The van der Waals surface area contributed by atoms with Crippen LogP contribution in [0.25, 0.3) is 0 Å². The summed E-state index contributed by atoms with van der Waals surface area (Å²) in [6.45, 7) is -1.68. The van der Waals surface area contributed by atoms with Crippen LogP contribution in [-0.4, -0.2) is 104 Å². The van der Waals surface area contributed by atoms with Gasteiger partial charge in [-0.1, -0.05) is 0 Å². The summed E-state index contributed by atoms with van der Waals surface area (Å²) >= 11 is 0. The van der Waals surface area contributed by atoms with Gasteiger partial charge < -0.3 is 50.0 Å². The second kappa shape index (κ2) is 6.38. The third-order valence-electron chi connectivity index (χ3n) is 3.63. The van der Waals surface area contributed by atoms with E-state index in [-0.39, 0.29) is 6.61 Å². The van der Waals surface area contributed by atoms with Crippen molar-refractivity contribution in [3.05, 3.63) is 0 Å². The van der Waals surface area contributed by atoms with E-state index < -0.39 is 61.9 Å². The van der Waals surface area contributed by atoms with E-state index >= 15 is 0 Å². The van der Waals surface area contributed by atoms with Gasteiger partial charge in [-0.05, 0) is 0 Å². The van der Waals surface area contributed by atoms with Crippen molar-refractivity contribution in [2.75, 3.05) is 19.8 Å². The number of hydrogen-bond donors (Lipinski definition) is 7. The summed E-state index contributed by atoms with van der Waals surface area (Å²) in [5, 5.41) is 67.1. The van der Waals surface area contributed by atoms with Crippen LogP contribution in [-0.2, 0) is 14.2 Å². The molecule has 2 fully saturated rings. The molecule has 0 saturated carbocycles. The lowest BCUT2D eigenvalue weighted by Crippen LogP contribution is -2.65. The molecule has 0 radical (unpaired) electrons. The second-order valence-corrected chi connectivity index (χ2v) is 5.18. The summed E-state index contributed by atoms with van der Waals surface area (Å²) in [5.74, 6) is -2.32. The summed E-state index contributed by atoms with van der Waals surface area (Å²) in [4.78, 5) is 0. The molecule has 0 aromatic heterocycles. The van der Waals surface area contributed by atoms with Gasteiger partial charge >= 0.3 is 0 Å². The Morgan fingerprint density at radius 2 is 1.67 bits per heavy atom. The van der Waals surface area contributed by atoms with Gasteiger partial charge in [0.05, 0.1) is 19.8 Å². The Kier molecular flexibility index (Phi) is 5.15. The van der Waals surface area contributed by atoms with Crippen LogP contribution >= 0.6 is 0 Å². The van der Waals surface area contributed by atoms with E-state index in [1.807, 2.05) is 0 Å². The van der Waals surface area contributed by atoms with Gasteiger partial charge in [-0.25, -0.2) is 0 Å². The van der Waals surface area contributed by atoms with Crippen LogP contribution in [0.3, 0.4) is 0 Å². The highest BCUT2D eigenvalue weighted by Crippen LogP contribution is 2.28. The smallest absolute Gasteiger partial charge is 0.218 e. The molecule has 0 bridgehead atoms. The van der Waals surface area contributed by atoms with Crippen LogP contribution < -0.4 is 0 Å². The Morgan fingerprint density at radius 3 is 2.29 bits per heavy atom. The first-order chi connectivity index (χ1) is 9.80. The first kappa shape index (κ1) is 17.0. The molecule has 124 valence electrons. The molecule has 2 aliphatic heterocycles. The van der Waals surface area contributed by atoms with Crippen molar-refractivity contribution < 1.29 is 50.0 Å². The Labute approximate surface area is 119 Å².